The second kappa shape index (κ2) is 12.1. The van der Waals surface area contributed by atoms with Crippen LogP contribution in [0.3, 0.4) is 0 Å². The van der Waals surface area contributed by atoms with Gasteiger partial charge in [-0.2, -0.15) is 0 Å². The van der Waals surface area contributed by atoms with Crippen LogP contribution in [0.25, 0.3) is 0 Å². The summed E-state index contributed by atoms with van der Waals surface area (Å²) in [5.74, 6) is 0.280. The van der Waals surface area contributed by atoms with Crippen molar-refractivity contribution < 1.29 is 4.39 Å². The minimum absolute atomic E-state index is 0.194. The van der Waals surface area contributed by atoms with Crippen molar-refractivity contribution in [3.05, 3.63) is 70.0 Å². The summed E-state index contributed by atoms with van der Waals surface area (Å²) in [6, 6.07) is 10.7. The maximum Gasteiger partial charge on any atom is 0.123 e. The molecule has 0 saturated carbocycles. The first kappa shape index (κ1) is 25.9. The molecule has 8 heteroatoms. The molecule has 1 unspecified atom stereocenters. The van der Waals surface area contributed by atoms with Gasteiger partial charge in [0.1, 0.15) is 5.82 Å². The Labute approximate surface area is 206 Å². The van der Waals surface area contributed by atoms with E-state index in [9.17, 15) is 4.39 Å². The monoisotopic (exact) mass is 482 g/mol. The number of halogens is 1. The predicted molar refractivity (Wildman–Crippen MR) is 144 cm³/mol. The van der Waals surface area contributed by atoms with E-state index in [-0.39, 0.29) is 11.9 Å². The van der Waals surface area contributed by atoms with E-state index in [0.717, 1.165) is 53.6 Å². The molecule has 2 aromatic rings. The highest BCUT2D eigenvalue weighted by Crippen LogP contribution is 2.35. The second-order valence-electron chi connectivity index (χ2n) is 8.91. The minimum Gasteiger partial charge on any atom is -0.404 e. The van der Waals surface area contributed by atoms with Gasteiger partial charge in [0.25, 0.3) is 0 Å². The first-order chi connectivity index (χ1) is 16.3. The molecule has 0 radical (unpaired) electrons. The number of hydrogen-bond donors (Lipinski definition) is 3. The van der Waals surface area contributed by atoms with Crippen LogP contribution < -0.4 is 11.1 Å². The van der Waals surface area contributed by atoms with Gasteiger partial charge >= 0.3 is 0 Å². The number of piperazine rings is 1. The molecule has 1 aliphatic rings. The van der Waals surface area contributed by atoms with E-state index in [1.165, 1.54) is 23.9 Å². The van der Waals surface area contributed by atoms with Gasteiger partial charge in [0.15, 0.2) is 0 Å². The van der Waals surface area contributed by atoms with Crippen molar-refractivity contribution in [2.75, 3.05) is 38.5 Å². The SMILES string of the molecule is CN=C/C(=C\N)SN1CCN(CC(C)C)C(c2cc(C=N)c(Nc3ccc(F)cc3)cc2C)C1. The topological polar surface area (TPSA) is 80.7 Å². The fraction of sp³-hybridized carbons (Fsp3) is 0.385. The van der Waals surface area contributed by atoms with Crippen molar-refractivity contribution in [3.63, 3.8) is 0 Å². The molecular formula is C26H35FN6S. The predicted octanol–water partition coefficient (Wildman–Crippen LogP) is 5.34. The normalized spacial score (nSPS) is 18.1. The van der Waals surface area contributed by atoms with E-state index < -0.39 is 0 Å². The van der Waals surface area contributed by atoms with Gasteiger partial charge < -0.3 is 16.5 Å². The highest BCUT2D eigenvalue weighted by Gasteiger charge is 2.30. The van der Waals surface area contributed by atoms with Crippen molar-refractivity contribution in [2.45, 2.75) is 26.8 Å². The van der Waals surface area contributed by atoms with Gasteiger partial charge in [-0.3, -0.25) is 9.89 Å². The lowest BCUT2D eigenvalue weighted by molar-refractivity contribution is 0.110. The van der Waals surface area contributed by atoms with Crippen molar-refractivity contribution in [2.24, 2.45) is 16.6 Å². The molecule has 0 bridgehead atoms. The van der Waals surface area contributed by atoms with Crippen LogP contribution in [0.1, 0.15) is 36.6 Å². The van der Waals surface area contributed by atoms with Crippen LogP contribution in [-0.2, 0) is 0 Å². The molecule has 1 saturated heterocycles. The number of nitrogens with one attached hydrogen (secondary N) is 2. The summed E-state index contributed by atoms with van der Waals surface area (Å²) in [5, 5.41) is 11.4. The number of nitrogens with two attached hydrogens (primary N) is 1. The Balaban J connectivity index is 1.91. The number of allylic oxidation sites excluding steroid dienone is 1. The summed E-state index contributed by atoms with van der Waals surface area (Å²) in [6.07, 6.45) is 4.76. The number of nitrogens with zero attached hydrogens (tertiary/aromatic N) is 3. The quantitative estimate of drug-likeness (QED) is 0.332. The lowest BCUT2D eigenvalue weighted by Gasteiger charge is -2.42. The van der Waals surface area contributed by atoms with Crippen LogP contribution >= 0.6 is 11.9 Å². The van der Waals surface area contributed by atoms with Gasteiger partial charge in [-0.15, -0.1) is 0 Å². The molecule has 34 heavy (non-hydrogen) atoms. The maximum absolute atomic E-state index is 13.3. The van der Waals surface area contributed by atoms with E-state index >= 15 is 0 Å². The van der Waals surface area contributed by atoms with Gasteiger partial charge in [0.05, 0.1) is 4.91 Å². The van der Waals surface area contributed by atoms with Gasteiger partial charge in [-0.1, -0.05) is 13.8 Å². The average Bonchev–Trinajstić information content (AvgIpc) is 2.81. The standard InChI is InChI=1S/C26H35FN6S/c1-18(2)16-32-9-10-33(34-23(14-29)15-30-4)17-26(32)24-12-20(13-28)25(11-19(24)3)31-22-7-5-21(27)6-8-22/h5-8,11-15,18,26,28,31H,9-10,16-17,29H2,1-4H3/b23-14+,28-13?,30-15?. The van der Waals surface area contributed by atoms with E-state index in [1.807, 2.05) is 0 Å². The van der Waals surface area contributed by atoms with Gasteiger partial charge in [0, 0.05) is 74.8 Å². The summed E-state index contributed by atoms with van der Waals surface area (Å²) in [4.78, 5) is 7.58. The second-order valence-corrected chi connectivity index (χ2v) is 10.1. The van der Waals surface area contributed by atoms with Crippen molar-refractivity contribution >= 4 is 35.8 Å². The van der Waals surface area contributed by atoms with Crippen LogP contribution in [0.15, 0.2) is 52.5 Å². The van der Waals surface area contributed by atoms with Gasteiger partial charge in [-0.25, -0.2) is 8.70 Å². The average molecular weight is 483 g/mol. The number of hydrogen-bond acceptors (Lipinski definition) is 7. The highest BCUT2D eigenvalue weighted by molar-refractivity contribution is 8.01. The fourth-order valence-corrected chi connectivity index (χ4v) is 5.15. The van der Waals surface area contributed by atoms with E-state index in [0.29, 0.717) is 5.92 Å². The summed E-state index contributed by atoms with van der Waals surface area (Å²) < 4.78 is 15.6. The van der Waals surface area contributed by atoms with Crippen molar-refractivity contribution in [1.29, 1.82) is 5.41 Å². The summed E-state index contributed by atoms with van der Waals surface area (Å²) in [6.45, 7) is 10.3. The molecule has 1 fully saturated rings. The van der Waals surface area contributed by atoms with Crippen molar-refractivity contribution in [1.82, 2.24) is 9.21 Å². The Morgan fingerprint density at radius 2 is 2.03 bits per heavy atom. The van der Waals surface area contributed by atoms with Crippen molar-refractivity contribution in [3.8, 4) is 0 Å². The zero-order chi connectivity index (χ0) is 24.7. The van der Waals surface area contributed by atoms with E-state index in [1.54, 1.807) is 43.5 Å². The van der Waals surface area contributed by atoms with Gasteiger partial charge in [0.2, 0.25) is 0 Å². The zero-order valence-corrected chi connectivity index (χ0v) is 21.2. The number of aliphatic imine (C=N–C) groups is 1. The molecule has 1 aliphatic heterocycles. The van der Waals surface area contributed by atoms with Crippen LogP contribution in [-0.4, -0.2) is 54.9 Å². The van der Waals surface area contributed by atoms with Crippen LogP contribution in [0.2, 0.25) is 0 Å². The highest BCUT2D eigenvalue weighted by atomic mass is 32.2. The number of benzene rings is 2. The van der Waals surface area contributed by atoms with E-state index in [2.05, 4.69) is 52.4 Å². The third kappa shape index (κ3) is 6.68. The first-order valence-electron chi connectivity index (χ1n) is 11.5. The van der Waals surface area contributed by atoms with Crippen LogP contribution in [0.5, 0.6) is 0 Å². The first-order valence-corrected chi connectivity index (χ1v) is 12.3. The molecule has 6 nitrogen and oxygen atoms in total. The van der Waals surface area contributed by atoms with Crippen LogP contribution in [0.4, 0.5) is 15.8 Å². The lowest BCUT2D eigenvalue weighted by atomic mass is 9.94. The fourth-order valence-electron chi connectivity index (χ4n) is 4.25. The molecule has 1 heterocycles. The molecule has 2 aromatic carbocycles. The number of aryl methyl sites for hydroxylation is 1. The Morgan fingerprint density at radius 3 is 2.65 bits per heavy atom. The third-order valence-electron chi connectivity index (χ3n) is 5.78. The molecule has 0 spiro atoms. The summed E-state index contributed by atoms with van der Waals surface area (Å²) >= 11 is 1.64. The van der Waals surface area contributed by atoms with Crippen LogP contribution in [0, 0.1) is 24.1 Å². The Kier molecular flexibility index (Phi) is 9.27. The molecule has 1 atom stereocenters. The lowest BCUT2D eigenvalue weighted by Crippen LogP contribution is -2.47. The molecule has 182 valence electrons. The number of anilines is 2. The Hall–Kier alpha value is -2.68. The maximum atomic E-state index is 13.3. The third-order valence-corrected chi connectivity index (χ3v) is 6.83. The molecule has 3 rings (SSSR count). The minimum atomic E-state index is -0.271. The molecule has 0 amide bonds. The van der Waals surface area contributed by atoms with Gasteiger partial charge in [-0.05, 0) is 72.3 Å². The zero-order valence-electron chi connectivity index (χ0n) is 20.4. The molecule has 0 aromatic heterocycles. The summed E-state index contributed by atoms with van der Waals surface area (Å²) in [7, 11) is 1.75. The molecule has 0 aliphatic carbocycles. The molecular weight excluding hydrogens is 447 g/mol. The Morgan fingerprint density at radius 1 is 1.29 bits per heavy atom. The largest absolute Gasteiger partial charge is 0.404 e. The summed E-state index contributed by atoms with van der Waals surface area (Å²) in [5.41, 5.74) is 10.6. The molecule has 4 N–H and O–H groups in total. The smallest absolute Gasteiger partial charge is 0.123 e. The Bertz CT molecular complexity index is 1030. The van der Waals surface area contributed by atoms with E-state index in [4.69, 9.17) is 11.1 Å². The number of rotatable bonds is 9.